The zero-order chi connectivity index (χ0) is 14.4. The summed E-state index contributed by atoms with van der Waals surface area (Å²) in [6.07, 6.45) is 1.12. The number of aliphatic hydroxyl groups excluding tert-OH is 1. The largest absolute Gasteiger partial charge is 0.394 e. The van der Waals surface area contributed by atoms with Gasteiger partial charge in [0.1, 0.15) is 5.71 Å². The lowest BCUT2D eigenvalue weighted by atomic mass is 10.1. The Kier molecular flexibility index (Phi) is 4.84. The molecule has 0 saturated heterocycles. The minimum Gasteiger partial charge on any atom is -0.394 e. The molecule has 0 aromatic heterocycles. The van der Waals surface area contributed by atoms with Crippen LogP contribution in [0.5, 0.6) is 0 Å². The second kappa shape index (κ2) is 6.81. The van der Waals surface area contributed by atoms with Gasteiger partial charge >= 0.3 is 0 Å². The predicted molar refractivity (Wildman–Crippen MR) is 74.0 cm³/mol. The second-order valence-corrected chi connectivity index (χ2v) is 4.64. The highest BCUT2D eigenvalue weighted by molar-refractivity contribution is 6.39. The van der Waals surface area contributed by atoms with E-state index in [-0.39, 0.29) is 36.6 Å². The Bertz CT molecular complexity index is 514. The molecular weight excluding hydrogens is 258 g/mol. The lowest BCUT2D eigenvalue weighted by Gasteiger charge is -2.18. The van der Waals surface area contributed by atoms with Crippen LogP contribution in [-0.4, -0.2) is 35.3 Å². The Morgan fingerprint density at radius 1 is 1.35 bits per heavy atom. The Morgan fingerprint density at radius 2 is 2.10 bits per heavy atom. The summed E-state index contributed by atoms with van der Waals surface area (Å²) in [5, 5.41) is 15.8. The predicted octanol–water partition coefficient (Wildman–Crippen LogP) is -0.0278. The van der Waals surface area contributed by atoms with Crippen LogP contribution in [0.15, 0.2) is 35.4 Å². The number of hydrazone groups is 1. The molecule has 0 radical (unpaired) electrons. The molecule has 1 aliphatic heterocycles. The van der Waals surface area contributed by atoms with Crippen LogP contribution in [0.1, 0.15) is 18.4 Å². The average Bonchev–Trinajstić information content (AvgIpc) is 2.48. The first-order valence-electron chi connectivity index (χ1n) is 6.50. The van der Waals surface area contributed by atoms with Crippen LogP contribution >= 0.6 is 0 Å². The fourth-order valence-electron chi connectivity index (χ4n) is 1.97. The van der Waals surface area contributed by atoms with E-state index in [4.69, 9.17) is 0 Å². The van der Waals surface area contributed by atoms with Gasteiger partial charge in [0.25, 0.3) is 5.91 Å². The second-order valence-electron chi connectivity index (χ2n) is 4.64. The maximum absolute atomic E-state index is 12.0. The standard InChI is InChI=1S/C14H17N3O3/c18-9-11(8-10-4-2-1-3-5-10)15-14(20)12-6-7-13(19)17-16-12/h1-5,11,18H,6-9H2,(H,15,20)(H,17,19)/t11-/m0/s1. The van der Waals surface area contributed by atoms with E-state index in [0.717, 1.165) is 5.56 Å². The van der Waals surface area contributed by atoms with E-state index in [1.165, 1.54) is 0 Å². The first kappa shape index (κ1) is 14.2. The van der Waals surface area contributed by atoms with Gasteiger partial charge in [0.15, 0.2) is 0 Å². The summed E-state index contributed by atoms with van der Waals surface area (Å²) in [5.74, 6) is -0.537. The first-order valence-corrected chi connectivity index (χ1v) is 6.50. The molecule has 0 saturated carbocycles. The van der Waals surface area contributed by atoms with Gasteiger partial charge in [0.05, 0.1) is 12.6 Å². The molecule has 1 aromatic carbocycles. The molecule has 0 unspecified atom stereocenters. The Morgan fingerprint density at radius 3 is 2.70 bits per heavy atom. The molecule has 1 aromatic rings. The summed E-state index contributed by atoms with van der Waals surface area (Å²) < 4.78 is 0. The van der Waals surface area contributed by atoms with E-state index in [0.29, 0.717) is 12.8 Å². The molecular formula is C14H17N3O3. The van der Waals surface area contributed by atoms with Crippen molar-refractivity contribution in [1.29, 1.82) is 0 Å². The van der Waals surface area contributed by atoms with E-state index in [9.17, 15) is 14.7 Å². The van der Waals surface area contributed by atoms with Gasteiger partial charge in [0, 0.05) is 12.8 Å². The summed E-state index contributed by atoms with van der Waals surface area (Å²) in [5.41, 5.74) is 3.60. The topological polar surface area (TPSA) is 90.8 Å². The summed E-state index contributed by atoms with van der Waals surface area (Å²) in [6.45, 7) is -0.153. The quantitative estimate of drug-likeness (QED) is 0.705. The summed E-state index contributed by atoms with van der Waals surface area (Å²) in [6, 6.07) is 9.24. The Balaban J connectivity index is 1.93. The third kappa shape index (κ3) is 3.89. The lowest BCUT2D eigenvalue weighted by Crippen LogP contribution is -2.44. The van der Waals surface area contributed by atoms with Crippen LogP contribution < -0.4 is 10.7 Å². The highest BCUT2D eigenvalue weighted by Crippen LogP contribution is 2.04. The molecule has 6 heteroatoms. The molecule has 1 aliphatic rings. The molecule has 2 amide bonds. The van der Waals surface area contributed by atoms with Crippen LogP contribution in [0.3, 0.4) is 0 Å². The number of carbonyl (C=O) groups excluding carboxylic acids is 2. The number of rotatable bonds is 5. The van der Waals surface area contributed by atoms with Crippen LogP contribution in [0.4, 0.5) is 0 Å². The van der Waals surface area contributed by atoms with Crippen molar-refractivity contribution in [3.05, 3.63) is 35.9 Å². The van der Waals surface area contributed by atoms with Crippen molar-refractivity contribution in [1.82, 2.24) is 10.7 Å². The van der Waals surface area contributed by atoms with Crippen molar-refractivity contribution in [2.75, 3.05) is 6.61 Å². The van der Waals surface area contributed by atoms with Crippen LogP contribution in [0.2, 0.25) is 0 Å². The zero-order valence-corrected chi connectivity index (χ0v) is 11.0. The van der Waals surface area contributed by atoms with Crippen molar-refractivity contribution in [3.8, 4) is 0 Å². The number of hydrogen-bond acceptors (Lipinski definition) is 4. The highest BCUT2D eigenvalue weighted by atomic mass is 16.3. The van der Waals surface area contributed by atoms with E-state index in [1.54, 1.807) is 0 Å². The van der Waals surface area contributed by atoms with E-state index < -0.39 is 0 Å². The first-order chi connectivity index (χ1) is 9.69. The van der Waals surface area contributed by atoms with Crippen LogP contribution in [0, 0.1) is 0 Å². The molecule has 20 heavy (non-hydrogen) atoms. The van der Waals surface area contributed by atoms with Gasteiger partial charge in [-0.1, -0.05) is 30.3 Å². The van der Waals surface area contributed by atoms with E-state index >= 15 is 0 Å². The fourth-order valence-corrected chi connectivity index (χ4v) is 1.97. The number of benzene rings is 1. The highest BCUT2D eigenvalue weighted by Gasteiger charge is 2.20. The van der Waals surface area contributed by atoms with Gasteiger partial charge in [0.2, 0.25) is 5.91 Å². The van der Waals surface area contributed by atoms with Gasteiger partial charge < -0.3 is 10.4 Å². The van der Waals surface area contributed by atoms with Gasteiger partial charge in [-0.2, -0.15) is 5.10 Å². The Hall–Kier alpha value is -2.21. The minimum absolute atomic E-state index is 0.153. The molecule has 106 valence electrons. The molecule has 0 spiro atoms. The van der Waals surface area contributed by atoms with Crippen molar-refractivity contribution < 1.29 is 14.7 Å². The summed E-state index contributed by atoms with van der Waals surface area (Å²) in [4.78, 5) is 22.9. The van der Waals surface area contributed by atoms with Crippen molar-refractivity contribution in [2.45, 2.75) is 25.3 Å². The van der Waals surface area contributed by atoms with Crippen LogP contribution in [0.25, 0.3) is 0 Å². The summed E-state index contributed by atoms with van der Waals surface area (Å²) in [7, 11) is 0. The molecule has 0 aliphatic carbocycles. The molecule has 1 atom stereocenters. The third-order valence-corrected chi connectivity index (χ3v) is 3.05. The number of aliphatic hydroxyl groups is 1. The van der Waals surface area contributed by atoms with Crippen molar-refractivity contribution in [2.24, 2.45) is 5.10 Å². The van der Waals surface area contributed by atoms with E-state index in [2.05, 4.69) is 15.8 Å². The van der Waals surface area contributed by atoms with Crippen molar-refractivity contribution in [3.63, 3.8) is 0 Å². The normalized spacial score (nSPS) is 16.1. The van der Waals surface area contributed by atoms with Gasteiger partial charge in [-0.15, -0.1) is 0 Å². The SMILES string of the molecule is O=C1CCC(C(=O)N[C@H](CO)Cc2ccccc2)=NN1. The number of carbonyl (C=O) groups is 2. The maximum Gasteiger partial charge on any atom is 0.267 e. The maximum atomic E-state index is 12.0. The molecule has 2 rings (SSSR count). The van der Waals surface area contributed by atoms with Gasteiger partial charge in [-0.05, 0) is 12.0 Å². The number of nitrogens with one attached hydrogen (secondary N) is 2. The number of hydrogen-bond donors (Lipinski definition) is 3. The minimum atomic E-state index is -0.370. The molecule has 1 heterocycles. The summed E-state index contributed by atoms with van der Waals surface area (Å²) >= 11 is 0. The lowest BCUT2D eigenvalue weighted by molar-refractivity contribution is -0.121. The zero-order valence-electron chi connectivity index (χ0n) is 11.0. The number of nitrogens with zero attached hydrogens (tertiary/aromatic N) is 1. The molecule has 0 bridgehead atoms. The van der Waals surface area contributed by atoms with Crippen molar-refractivity contribution >= 4 is 17.5 Å². The molecule has 6 nitrogen and oxygen atoms in total. The molecule has 0 fully saturated rings. The number of amides is 2. The monoisotopic (exact) mass is 275 g/mol. The van der Waals surface area contributed by atoms with Crippen LogP contribution in [-0.2, 0) is 16.0 Å². The third-order valence-electron chi connectivity index (χ3n) is 3.05. The van der Waals surface area contributed by atoms with E-state index in [1.807, 2.05) is 30.3 Å². The average molecular weight is 275 g/mol. The Labute approximate surface area is 116 Å². The smallest absolute Gasteiger partial charge is 0.267 e. The molecule has 3 N–H and O–H groups in total. The van der Waals surface area contributed by atoms with Gasteiger partial charge in [-0.25, -0.2) is 5.43 Å². The fraction of sp³-hybridized carbons (Fsp3) is 0.357. The van der Waals surface area contributed by atoms with Gasteiger partial charge in [-0.3, -0.25) is 9.59 Å².